The molecule has 16 nitrogen and oxygen atoms in total. The van der Waals surface area contributed by atoms with Crippen molar-refractivity contribution in [2.45, 2.75) is 60.3 Å². The summed E-state index contributed by atoms with van der Waals surface area (Å²) in [4.78, 5) is 53.2. The maximum Gasteiger partial charge on any atom is 0.249 e. The van der Waals surface area contributed by atoms with Crippen LogP contribution >= 0.6 is 0 Å². The van der Waals surface area contributed by atoms with E-state index < -0.39 is 11.8 Å². The van der Waals surface area contributed by atoms with Crippen LogP contribution in [-0.2, 0) is 32.6 Å². The Labute approximate surface area is 319 Å². The highest BCUT2D eigenvalue weighted by atomic mass is 16.5. The summed E-state index contributed by atoms with van der Waals surface area (Å²) in [5.74, 6) is 0.0784. The molecular formula is C40H39N11O5. The molecule has 0 bridgehead atoms. The van der Waals surface area contributed by atoms with Crippen LogP contribution in [0.4, 0.5) is 0 Å². The number of hydrogen-bond acceptors (Lipinski definition) is 10. The molecule has 0 atom stereocenters. The van der Waals surface area contributed by atoms with Gasteiger partial charge >= 0.3 is 0 Å². The highest BCUT2D eigenvalue weighted by molar-refractivity contribution is 6.14. The van der Waals surface area contributed by atoms with E-state index in [9.17, 15) is 14.4 Å². The Hall–Kier alpha value is -7.10. The molecule has 0 saturated heterocycles. The number of imidazole rings is 1. The van der Waals surface area contributed by atoms with Crippen molar-refractivity contribution in [3.8, 4) is 17.3 Å². The van der Waals surface area contributed by atoms with Crippen molar-refractivity contribution in [1.82, 2.24) is 43.6 Å². The molecule has 0 aliphatic rings. The number of methoxy groups -OCH3 is 1. The number of allylic oxidation sites excluding steroid dienone is 2. The number of nitrogens with two attached hydrogens (primary N) is 2. The van der Waals surface area contributed by atoms with Crippen molar-refractivity contribution in [1.29, 1.82) is 0 Å². The summed E-state index contributed by atoms with van der Waals surface area (Å²) < 4.78 is 19.2. The van der Waals surface area contributed by atoms with Crippen LogP contribution in [0.15, 0.2) is 65.4 Å². The third kappa shape index (κ3) is 5.95. The van der Waals surface area contributed by atoms with Gasteiger partial charge in [0.15, 0.2) is 17.2 Å². The molecule has 2 aromatic carbocycles. The van der Waals surface area contributed by atoms with Crippen molar-refractivity contribution in [3.05, 3.63) is 95.0 Å². The second-order valence-corrected chi connectivity index (χ2v) is 13.5. The molecule has 0 radical (unpaired) electrons. The Kier molecular flexibility index (Phi) is 8.95. The first-order valence-corrected chi connectivity index (χ1v) is 18.1. The molecule has 0 saturated carbocycles. The minimum Gasteiger partial charge on any atom is -0.495 e. The Morgan fingerprint density at radius 3 is 2.29 bits per heavy atom. The zero-order valence-electron chi connectivity index (χ0n) is 31.5. The smallest absolute Gasteiger partial charge is 0.249 e. The van der Waals surface area contributed by atoms with Crippen LogP contribution in [0.25, 0.3) is 55.5 Å². The highest BCUT2D eigenvalue weighted by Crippen LogP contribution is 2.36. The molecule has 0 spiro atoms. The molecule has 284 valence electrons. The number of ether oxygens (including phenoxy) is 1. The monoisotopic (exact) mass is 753 g/mol. The van der Waals surface area contributed by atoms with Gasteiger partial charge in [-0.25, -0.2) is 15.0 Å². The van der Waals surface area contributed by atoms with Crippen molar-refractivity contribution in [2.24, 2.45) is 11.5 Å². The van der Waals surface area contributed by atoms with E-state index in [4.69, 9.17) is 35.6 Å². The predicted octanol–water partition coefficient (Wildman–Crippen LogP) is 5.29. The minimum atomic E-state index is -0.613. The quantitative estimate of drug-likeness (QED) is 0.115. The number of rotatable bonds is 13. The van der Waals surface area contributed by atoms with Crippen LogP contribution in [0.1, 0.15) is 62.3 Å². The van der Waals surface area contributed by atoms with Gasteiger partial charge in [0.2, 0.25) is 11.8 Å². The average Bonchev–Trinajstić information content (AvgIpc) is 4.01. The Bertz CT molecular complexity index is 2920. The second kappa shape index (κ2) is 14.0. The second-order valence-electron chi connectivity index (χ2n) is 13.5. The maximum absolute atomic E-state index is 13.8. The number of furan rings is 1. The number of hydrogen-bond donors (Lipinski definition) is 2. The molecule has 2 amide bonds. The van der Waals surface area contributed by atoms with Crippen LogP contribution in [0, 0.1) is 13.8 Å². The molecule has 6 aromatic heterocycles. The van der Waals surface area contributed by atoms with E-state index in [1.807, 2.05) is 59.7 Å². The molecule has 0 aliphatic heterocycles. The van der Waals surface area contributed by atoms with Gasteiger partial charge < -0.3 is 29.8 Å². The van der Waals surface area contributed by atoms with Gasteiger partial charge in [-0.2, -0.15) is 10.2 Å². The third-order valence-electron chi connectivity index (χ3n) is 9.93. The number of benzene rings is 2. The van der Waals surface area contributed by atoms with Crippen LogP contribution in [0.5, 0.6) is 5.75 Å². The van der Waals surface area contributed by atoms with E-state index >= 15 is 0 Å². The summed E-state index contributed by atoms with van der Waals surface area (Å²) in [5, 5.41) is 11.0. The molecule has 56 heavy (non-hydrogen) atoms. The number of aryl methyl sites for hydroxylation is 4. The van der Waals surface area contributed by atoms with Gasteiger partial charge in [0, 0.05) is 54.1 Å². The van der Waals surface area contributed by atoms with E-state index in [0.717, 1.165) is 17.1 Å². The number of nitrogens with zero attached hydrogens (tertiary/aromatic N) is 9. The van der Waals surface area contributed by atoms with Gasteiger partial charge in [0.1, 0.15) is 34.1 Å². The van der Waals surface area contributed by atoms with Gasteiger partial charge in [-0.1, -0.05) is 12.2 Å². The van der Waals surface area contributed by atoms with Crippen LogP contribution in [0.3, 0.4) is 0 Å². The van der Waals surface area contributed by atoms with Crippen molar-refractivity contribution in [3.63, 3.8) is 0 Å². The van der Waals surface area contributed by atoms with Crippen LogP contribution in [-0.4, -0.2) is 68.4 Å². The minimum absolute atomic E-state index is 0.0262. The molecule has 0 aliphatic carbocycles. The zero-order chi connectivity index (χ0) is 39.4. The fraction of sp³-hybridized carbons (Fsp3) is 0.250. The van der Waals surface area contributed by atoms with E-state index in [2.05, 4.69) is 10.2 Å². The number of carbonyl (C=O) groups is 3. The van der Waals surface area contributed by atoms with Gasteiger partial charge in [-0.3, -0.25) is 23.7 Å². The van der Waals surface area contributed by atoms with Crippen molar-refractivity contribution >= 4 is 61.5 Å². The lowest BCUT2D eigenvalue weighted by atomic mass is 10.1. The Morgan fingerprint density at radius 2 is 1.57 bits per heavy atom. The van der Waals surface area contributed by atoms with Gasteiger partial charge in [0.05, 0.1) is 47.8 Å². The highest BCUT2D eigenvalue weighted by Gasteiger charge is 2.24. The summed E-state index contributed by atoms with van der Waals surface area (Å²) in [7, 11) is 1.54. The van der Waals surface area contributed by atoms with Crippen LogP contribution < -0.4 is 16.2 Å². The lowest BCUT2D eigenvalue weighted by molar-refractivity contribution is 0.0975. The summed E-state index contributed by atoms with van der Waals surface area (Å²) in [5.41, 5.74) is 17.8. The number of aromatic nitrogens is 9. The van der Waals surface area contributed by atoms with Crippen molar-refractivity contribution < 1.29 is 23.5 Å². The standard InChI is InChI=1S/C40H39N11O5/c1-6-50-29(14-21(3)46-50)31(52)19-33-44-28-18-26(38(42)54)24-10-13-56-36(24)35(28)48(33)11-8-9-12-49-34-25(16-23(37(41)53)17-32(34)55-5)27-20-43-39(45-40(27)49)30-15-22(4)47-51(30)7-2/h8-10,13-18,20H,6-7,11-12,19H2,1-5H3,(H2,41,53)(H2,42,54)/b9-8+. The molecule has 0 unspecified atom stereocenters. The summed E-state index contributed by atoms with van der Waals surface area (Å²) >= 11 is 0. The first-order chi connectivity index (χ1) is 27.0. The largest absolute Gasteiger partial charge is 0.495 e. The summed E-state index contributed by atoms with van der Waals surface area (Å²) in [6, 6.07) is 10.4. The maximum atomic E-state index is 13.8. The summed E-state index contributed by atoms with van der Waals surface area (Å²) in [6.07, 6.45) is 7.16. The summed E-state index contributed by atoms with van der Waals surface area (Å²) in [6.45, 7) is 9.52. The van der Waals surface area contributed by atoms with Gasteiger partial charge in [0.25, 0.3) is 0 Å². The first kappa shape index (κ1) is 35.9. The van der Waals surface area contributed by atoms with Crippen molar-refractivity contribution in [2.75, 3.05) is 7.11 Å². The first-order valence-electron chi connectivity index (χ1n) is 18.1. The van der Waals surface area contributed by atoms with Crippen LogP contribution in [0.2, 0.25) is 0 Å². The lowest BCUT2D eigenvalue weighted by Gasteiger charge is -2.10. The Morgan fingerprint density at radius 1 is 0.839 bits per heavy atom. The fourth-order valence-corrected chi connectivity index (χ4v) is 7.45. The Balaban J connectivity index is 1.24. The van der Waals surface area contributed by atoms with E-state index in [1.54, 1.807) is 41.2 Å². The average molecular weight is 754 g/mol. The molecule has 4 N–H and O–H groups in total. The normalized spacial score (nSPS) is 11.9. The SMILES string of the molecule is CCn1nc(C)cc1C(=O)Cc1nc2cc(C(N)=O)c3ccoc3c2n1C/C=C/Cn1c2nc(-c3cc(C)nn3CC)ncc2c2cc(C(N)=O)cc(OC)c21. The predicted molar refractivity (Wildman–Crippen MR) is 210 cm³/mol. The van der Waals surface area contributed by atoms with E-state index in [0.29, 0.717) is 98.8 Å². The zero-order valence-corrected chi connectivity index (χ0v) is 31.5. The number of primary amides is 2. The molecule has 6 heterocycles. The molecule has 8 aromatic rings. The number of Topliss-reactive ketones (excluding diaryl/α,β-unsaturated/α-hetero) is 1. The number of fused-ring (bicyclic) bond motifs is 6. The molecule has 8 rings (SSSR count). The number of carbonyl (C=O) groups excluding carboxylic acids is 3. The van der Waals surface area contributed by atoms with Gasteiger partial charge in [-0.05, 0) is 64.1 Å². The fourth-order valence-electron chi connectivity index (χ4n) is 7.45. The molecule has 16 heteroatoms. The van der Waals surface area contributed by atoms with E-state index in [1.165, 1.54) is 13.4 Å². The lowest BCUT2D eigenvalue weighted by Crippen LogP contribution is -2.15. The third-order valence-corrected chi connectivity index (χ3v) is 9.93. The van der Waals surface area contributed by atoms with E-state index in [-0.39, 0.29) is 17.8 Å². The van der Waals surface area contributed by atoms with Gasteiger partial charge in [-0.15, -0.1) is 0 Å². The number of ketones is 1. The molecular weight excluding hydrogens is 715 g/mol. The number of amides is 2. The topological polar surface area (TPSA) is 210 Å². The molecule has 0 fully saturated rings.